The first-order valence-corrected chi connectivity index (χ1v) is 5.92. The van der Waals surface area contributed by atoms with Crippen molar-refractivity contribution in [1.29, 1.82) is 0 Å². The van der Waals surface area contributed by atoms with Crippen molar-refractivity contribution in [3.05, 3.63) is 0 Å². The van der Waals surface area contributed by atoms with Gasteiger partial charge in [0.15, 0.2) is 5.56 Å². The Bertz CT molecular complexity index is 289. The largest absolute Gasteiger partial charge is 0.349 e. The molecule has 0 spiro atoms. The third-order valence-electron chi connectivity index (χ3n) is 4.81. The van der Waals surface area contributed by atoms with Gasteiger partial charge in [0.2, 0.25) is 0 Å². The van der Waals surface area contributed by atoms with Gasteiger partial charge in [-0.1, -0.05) is 25.6 Å². The lowest BCUT2D eigenvalue weighted by Gasteiger charge is -2.37. The van der Waals surface area contributed by atoms with Gasteiger partial charge in [-0.05, 0) is 18.8 Å². The van der Waals surface area contributed by atoms with E-state index in [1.54, 1.807) is 0 Å². The molecule has 1 radical (unpaired) electrons. The maximum Gasteiger partial charge on any atom is 0.156 e. The molecule has 0 bridgehead atoms. The fourth-order valence-corrected chi connectivity index (χ4v) is 3.72. The van der Waals surface area contributed by atoms with Crippen LogP contribution in [0.5, 0.6) is 0 Å². The summed E-state index contributed by atoms with van der Waals surface area (Å²) < 4.78 is 5.96. The number of nitrogens with zero attached hydrogens (tertiary/aromatic N) is 1. The van der Waals surface area contributed by atoms with Gasteiger partial charge in [0, 0.05) is 6.04 Å². The van der Waals surface area contributed by atoms with Crippen LogP contribution < -0.4 is 0 Å². The lowest BCUT2D eigenvalue weighted by molar-refractivity contribution is 0.0409. The van der Waals surface area contributed by atoms with Crippen molar-refractivity contribution in [1.82, 2.24) is 4.90 Å². The second kappa shape index (κ2) is 2.53. The first-order valence-electron chi connectivity index (χ1n) is 5.40. The number of rotatable bonds is 0. The molecule has 0 aromatic carbocycles. The number of ether oxygens (including phenoxy) is 1. The molecule has 2 aliphatic heterocycles. The zero-order valence-corrected chi connectivity index (χ0v) is 9.92. The van der Waals surface area contributed by atoms with E-state index in [0.717, 1.165) is 0 Å². The van der Waals surface area contributed by atoms with Crippen LogP contribution in [-0.4, -0.2) is 36.9 Å². The van der Waals surface area contributed by atoms with Crippen molar-refractivity contribution >= 4 is 19.9 Å². The number of fused-ring (bicyclic) bond motifs is 3. The monoisotopic (exact) mass is 210 g/mol. The highest BCUT2D eigenvalue weighted by atomic mass is 32.1. The molecular formula is C10H17BNOS. The Morgan fingerprint density at radius 3 is 2.93 bits per heavy atom. The summed E-state index contributed by atoms with van der Waals surface area (Å²) in [5.74, 6) is 0. The number of thiol groups is 1. The Hall–Kier alpha value is 0.335. The molecule has 2 nitrogen and oxygen atoms in total. The van der Waals surface area contributed by atoms with Crippen LogP contribution in [0.3, 0.4) is 0 Å². The molecule has 4 heteroatoms. The summed E-state index contributed by atoms with van der Waals surface area (Å²) >= 11 is 4.46. The van der Waals surface area contributed by atoms with E-state index < -0.39 is 0 Å². The smallest absolute Gasteiger partial charge is 0.156 e. The van der Waals surface area contributed by atoms with Gasteiger partial charge in [0.1, 0.15) is 7.28 Å². The van der Waals surface area contributed by atoms with Gasteiger partial charge >= 0.3 is 0 Å². The van der Waals surface area contributed by atoms with Crippen LogP contribution in [0.15, 0.2) is 0 Å². The molecule has 5 unspecified atom stereocenters. The first kappa shape index (κ1) is 9.55. The lowest BCUT2D eigenvalue weighted by Crippen LogP contribution is -2.39. The number of likely N-dealkylation sites (N-methyl/N-ethyl adjacent to an activating group) is 1. The van der Waals surface area contributed by atoms with E-state index in [2.05, 4.69) is 45.7 Å². The third kappa shape index (κ3) is 0.928. The van der Waals surface area contributed by atoms with Crippen LogP contribution in [-0.2, 0) is 4.74 Å². The molecule has 77 valence electrons. The zero-order chi connectivity index (χ0) is 10.1. The molecule has 2 saturated heterocycles. The second-order valence-corrected chi connectivity index (χ2v) is 5.94. The molecule has 1 aliphatic carbocycles. The van der Waals surface area contributed by atoms with Crippen LogP contribution in [0.1, 0.15) is 26.7 Å². The molecule has 5 atom stereocenters. The molecule has 3 aliphatic rings. The van der Waals surface area contributed by atoms with Gasteiger partial charge in [-0.3, -0.25) is 4.90 Å². The van der Waals surface area contributed by atoms with Gasteiger partial charge in [-0.25, -0.2) is 0 Å². The molecule has 0 N–H and O–H groups in total. The zero-order valence-electron chi connectivity index (χ0n) is 9.03. The Morgan fingerprint density at radius 2 is 2.21 bits per heavy atom. The van der Waals surface area contributed by atoms with Crippen molar-refractivity contribution in [2.24, 2.45) is 0 Å². The van der Waals surface area contributed by atoms with E-state index in [0.29, 0.717) is 22.8 Å². The van der Waals surface area contributed by atoms with E-state index in [4.69, 9.17) is 4.74 Å². The first-order chi connectivity index (χ1) is 6.48. The fourth-order valence-electron chi connectivity index (χ4n) is 3.41. The summed E-state index contributed by atoms with van der Waals surface area (Å²) in [6.07, 6.45) is 2.92. The van der Waals surface area contributed by atoms with Crippen LogP contribution in [0, 0.1) is 0 Å². The van der Waals surface area contributed by atoms with Gasteiger partial charge in [-0.15, -0.1) is 12.6 Å². The minimum absolute atomic E-state index is 0.00169. The summed E-state index contributed by atoms with van der Waals surface area (Å²) in [5.41, 5.74) is -0.00169. The van der Waals surface area contributed by atoms with E-state index in [1.807, 2.05) is 0 Å². The molecule has 3 rings (SSSR count). The van der Waals surface area contributed by atoms with Gasteiger partial charge < -0.3 is 4.74 Å². The van der Waals surface area contributed by atoms with Crippen molar-refractivity contribution in [3.63, 3.8) is 0 Å². The van der Waals surface area contributed by atoms with Crippen molar-refractivity contribution in [2.45, 2.75) is 55.0 Å². The SMILES string of the molecule is CN1C(S)OC2C1CCC1(C)[B]C21C. The number of hydrogen-bond acceptors (Lipinski definition) is 3. The summed E-state index contributed by atoms with van der Waals surface area (Å²) in [6, 6.07) is 0.578. The molecule has 2 heterocycles. The van der Waals surface area contributed by atoms with E-state index in [-0.39, 0.29) is 5.56 Å². The molecular weight excluding hydrogens is 193 g/mol. The molecule has 1 saturated carbocycles. The van der Waals surface area contributed by atoms with Crippen LogP contribution in [0.25, 0.3) is 0 Å². The summed E-state index contributed by atoms with van der Waals surface area (Å²) in [6.45, 7) is 4.70. The highest BCUT2D eigenvalue weighted by molar-refractivity contribution is 7.80. The number of hydrogen-bond donors (Lipinski definition) is 1. The van der Waals surface area contributed by atoms with Crippen molar-refractivity contribution < 1.29 is 4.74 Å². The maximum absolute atomic E-state index is 5.96. The minimum Gasteiger partial charge on any atom is -0.349 e. The van der Waals surface area contributed by atoms with E-state index in [9.17, 15) is 0 Å². The predicted octanol–water partition coefficient (Wildman–Crippen LogP) is 1.77. The van der Waals surface area contributed by atoms with Crippen molar-refractivity contribution in [2.75, 3.05) is 7.05 Å². The Labute approximate surface area is 92.0 Å². The average molecular weight is 210 g/mol. The van der Waals surface area contributed by atoms with Gasteiger partial charge in [-0.2, -0.15) is 0 Å². The lowest BCUT2D eigenvalue weighted by atomic mass is 9.76. The molecule has 3 fully saturated rings. The minimum atomic E-state index is -0.00169. The Morgan fingerprint density at radius 1 is 1.50 bits per heavy atom. The standard InChI is InChI=1S/C10H17BNOS/c1-9-5-4-6-7(10(9,2)11-9)13-8(14)12(6)3/h6-8,14H,4-5H2,1-3H3. The highest BCUT2D eigenvalue weighted by Gasteiger charge is 2.71. The fraction of sp³-hybridized carbons (Fsp3) is 1.00. The Kier molecular flexibility index (Phi) is 1.72. The highest BCUT2D eigenvalue weighted by Crippen LogP contribution is 2.77. The van der Waals surface area contributed by atoms with Gasteiger partial charge in [0.05, 0.1) is 6.10 Å². The normalized spacial score (nSPS) is 61.6. The van der Waals surface area contributed by atoms with Crippen molar-refractivity contribution in [3.8, 4) is 0 Å². The van der Waals surface area contributed by atoms with Crippen LogP contribution in [0.4, 0.5) is 0 Å². The molecule has 14 heavy (non-hydrogen) atoms. The summed E-state index contributed by atoms with van der Waals surface area (Å²) in [7, 11) is 4.60. The molecule has 0 aromatic rings. The van der Waals surface area contributed by atoms with Gasteiger partial charge in [0.25, 0.3) is 0 Å². The molecule has 0 amide bonds. The summed E-state index contributed by atoms with van der Waals surface area (Å²) in [4.78, 5) is 2.27. The van der Waals surface area contributed by atoms with E-state index in [1.165, 1.54) is 12.8 Å². The second-order valence-electron chi connectivity index (χ2n) is 5.50. The predicted molar refractivity (Wildman–Crippen MR) is 60.9 cm³/mol. The quantitative estimate of drug-likeness (QED) is 0.483. The topological polar surface area (TPSA) is 12.5 Å². The third-order valence-corrected chi connectivity index (χ3v) is 5.29. The molecule has 0 aromatic heterocycles. The maximum atomic E-state index is 5.96. The Balaban J connectivity index is 1.91. The summed E-state index contributed by atoms with van der Waals surface area (Å²) in [5, 5.41) is 0.745. The van der Waals surface area contributed by atoms with E-state index >= 15 is 0 Å². The van der Waals surface area contributed by atoms with Crippen LogP contribution in [0.2, 0.25) is 10.6 Å². The van der Waals surface area contributed by atoms with Crippen LogP contribution >= 0.6 is 12.6 Å². The average Bonchev–Trinajstić information content (AvgIpc) is 2.57.